The predicted molar refractivity (Wildman–Crippen MR) is 55.0 cm³/mol. The van der Waals surface area contributed by atoms with Gasteiger partial charge in [0.1, 0.15) is 5.69 Å². The van der Waals surface area contributed by atoms with Gasteiger partial charge in [0.25, 0.3) is 0 Å². The molecule has 78 valence electrons. The highest BCUT2D eigenvalue weighted by molar-refractivity contribution is 5.98. The summed E-state index contributed by atoms with van der Waals surface area (Å²) in [6, 6.07) is 1.28. The Labute approximate surface area is 84.1 Å². The number of aromatic nitrogens is 2. The van der Waals surface area contributed by atoms with Crippen molar-refractivity contribution in [3.05, 3.63) is 18.0 Å². The van der Waals surface area contributed by atoms with Crippen LogP contribution in [-0.4, -0.2) is 21.6 Å². The number of hydrogen-bond donors (Lipinski definition) is 1. The van der Waals surface area contributed by atoms with E-state index < -0.39 is 6.04 Å². The Morgan fingerprint density at radius 2 is 2.36 bits per heavy atom. The molecule has 0 aliphatic rings. The van der Waals surface area contributed by atoms with E-state index in [1.54, 1.807) is 24.0 Å². The predicted octanol–water partition coefficient (Wildman–Crippen LogP) is 0.976. The van der Waals surface area contributed by atoms with Crippen LogP contribution >= 0.6 is 0 Å². The van der Waals surface area contributed by atoms with Crippen LogP contribution in [0, 0.1) is 5.92 Å². The van der Waals surface area contributed by atoms with Gasteiger partial charge in [-0.1, -0.05) is 20.3 Å². The van der Waals surface area contributed by atoms with Crippen LogP contribution in [0.25, 0.3) is 0 Å². The first-order chi connectivity index (χ1) is 6.57. The summed E-state index contributed by atoms with van der Waals surface area (Å²) in [5, 5.41) is 3.95. The van der Waals surface area contributed by atoms with Crippen LogP contribution in [0.5, 0.6) is 0 Å². The molecule has 14 heavy (non-hydrogen) atoms. The number of nitrogens with zero attached hydrogens (tertiary/aromatic N) is 2. The minimum atomic E-state index is -0.421. The molecule has 0 amide bonds. The van der Waals surface area contributed by atoms with Gasteiger partial charge in [0.05, 0.1) is 6.04 Å². The number of nitrogens with two attached hydrogens (primary N) is 1. The SMILES string of the molecule is CCC(C)C(N)C(=O)c1ccnn1C. The van der Waals surface area contributed by atoms with Crippen molar-refractivity contribution in [2.45, 2.75) is 26.3 Å². The van der Waals surface area contributed by atoms with E-state index in [-0.39, 0.29) is 11.7 Å². The quantitative estimate of drug-likeness (QED) is 0.728. The fraction of sp³-hybridized carbons (Fsp3) is 0.600. The van der Waals surface area contributed by atoms with E-state index in [1.165, 1.54) is 0 Å². The topological polar surface area (TPSA) is 60.9 Å². The van der Waals surface area contributed by atoms with Crippen LogP contribution < -0.4 is 5.73 Å². The lowest BCUT2D eigenvalue weighted by molar-refractivity contribution is 0.0925. The third kappa shape index (κ3) is 2.01. The van der Waals surface area contributed by atoms with Crippen molar-refractivity contribution in [3.8, 4) is 0 Å². The van der Waals surface area contributed by atoms with E-state index in [4.69, 9.17) is 5.73 Å². The second kappa shape index (κ2) is 4.37. The molecule has 4 nitrogen and oxygen atoms in total. The smallest absolute Gasteiger partial charge is 0.197 e. The highest BCUT2D eigenvalue weighted by Gasteiger charge is 2.22. The summed E-state index contributed by atoms with van der Waals surface area (Å²) in [7, 11) is 1.75. The highest BCUT2D eigenvalue weighted by Crippen LogP contribution is 2.10. The summed E-state index contributed by atoms with van der Waals surface area (Å²) >= 11 is 0. The molecule has 0 saturated carbocycles. The van der Waals surface area contributed by atoms with Crippen LogP contribution in [-0.2, 0) is 7.05 Å². The van der Waals surface area contributed by atoms with E-state index in [1.807, 2.05) is 13.8 Å². The number of Topliss-reactive ketones (excluding diaryl/α,β-unsaturated/α-hetero) is 1. The average Bonchev–Trinajstić information content (AvgIpc) is 2.61. The summed E-state index contributed by atoms with van der Waals surface area (Å²) < 4.78 is 1.56. The molecule has 1 aromatic rings. The zero-order valence-electron chi connectivity index (χ0n) is 8.90. The van der Waals surface area contributed by atoms with Crippen LogP contribution in [0.3, 0.4) is 0 Å². The zero-order valence-corrected chi connectivity index (χ0v) is 8.90. The van der Waals surface area contributed by atoms with Crippen LogP contribution in [0.2, 0.25) is 0 Å². The average molecular weight is 195 g/mol. The molecular formula is C10H17N3O. The van der Waals surface area contributed by atoms with Gasteiger partial charge in [-0.05, 0) is 12.0 Å². The first-order valence-electron chi connectivity index (χ1n) is 4.85. The fourth-order valence-corrected chi connectivity index (χ4v) is 1.30. The summed E-state index contributed by atoms with van der Waals surface area (Å²) in [5.74, 6) is 0.178. The molecule has 0 saturated heterocycles. The minimum Gasteiger partial charge on any atom is -0.321 e. The molecule has 2 atom stereocenters. The molecule has 1 rings (SSSR count). The van der Waals surface area contributed by atoms with Crippen molar-refractivity contribution in [1.82, 2.24) is 9.78 Å². The maximum Gasteiger partial charge on any atom is 0.197 e. The Morgan fingerprint density at radius 1 is 1.71 bits per heavy atom. The molecule has 0 aliphatic carbocycles. The van der Waals surface area contributed by atoms with Crippen LogP contribution in [0.15, 0.2) is 12.3 Å². The normalized spacial score (nSPS) is 15.1. The Balaban J connectivity index is 2.81. The summed E-state index contributed by atoms with van der Waals surface area (Å²) in [4.78, 5) is 11.8. The lowest BCUT2D eigenvalue weighted by Gasteiger charge is -2.16. The lowest BCUT2D eigenvalue weighted by Crippen LogP contribution is -2.37. The molecule has 0 spiro atoms. The van der Waals surface area contributed by atoms with Gasteiger partial charge in [0.15, 0.2) is 5.78 Å². The zero-order chi connectivity index (χ0) is 10.7. The number of hydrogen-bond acceptors (Lipinski definition) is 3. The monoisotopic (exact) mass is 195 g/mol. The first kappa shape index (κ1) is 10.9. The summed E-state index contributed by atoms with van der Waals surface area (Å²) in [5.41, 5.74) is 6.42. The van der Waals surface area contributed by atoms with Crippen LogP contribution in [0.1, 0.15) is 30.8 Å². The number of carbonyl (C=O) groups is 1. The van der Waals surface area contributed by atoms with Crippen molar-refractivity contribution >= 4 is 5.78 Å². The second-order valence-electron chi connectivity index (χ2n) is 3.62. The summed E-state index contributed by atoms with van der Waals surface area (Å²) in [6.45, 7) is 4.01. The van der Waals surface area contributed by atoms with Gasteiger partial charge < -0.3 is 5.73 Å². The van der Waals surface area contributed by atoms with Crippen molar-refractivity contribution in [3.63, 3.8) is 0 Å². The lowest BCUT2D eigenvalue weighted by atomic mass is 9.95. The molecule has 4 heteroatoms. The minimum absolute atomic E-state index is 0.0284. The van der Waals surface area contributed by atoms with Crippen molar-refractivity contribution in [1.29, 1.82) is 0 Å². The van der Waals surface area contributed by atoms with E-state index in [0.717, 1.165) is 6.42 Å². The van der Waals surface area contributed by atoms with Gasteiger partial charge >= 0.3 is 0 Å². The molecule has 0 bridgehead atoms. The van der Waals surface area contributed by atoms with Crippen molar-refractivity contribution in [2.75, 3.05) is 0 Å². The molecule has 1 aromatic heterocycles. The van der Waals surface area contributed by atoms with Gasteiger partial charge in [-0.2, -0.15) is 5.10 Å². The Kier molecular flexibility index (Phi) is 3.41. The van der Waals surface area contributed by atoms with Crippen molar-refractivity contribution in [2.24, 2.45) is 18.7 Å². The highest BCUT2D eigenvalue weighted by atomic mass is 16.1. The molecule has 0 aromatic carbocycles. The number of ketones is 1. The number of rotatable bonds is 4. The van der Waals surface area contributed by atoms with E-state index in [2.05, 4.69) is 5.10 Å². The Morgan fingerprint density at radius 3 is 2.79 bits per heavy atom. The number of aryl methyl sites for hydroxylation is 1. The van der Waals surface area contributed by atoms with Gasteiger partial charge in [-0.25, -0.2) is 0 Å². The number of carbonyl (C=O) groups excluding carboxylic acids is 1. The molecule has 0 radical (unpaired) electrons. The largest absolute Gasteiger partial charge is 0.321 e. The molecule has 0 fully saturated rings. The first-order valence-corrected chi connectivity index (χ1v) is 4.85. The van der Waals surface area contributed by atoms with Crippen LogP contribution in [0.4, 0.5) is 0 Å². The van der Waals surface area contributed by atoms with Gasteiger partial charge in [0.2, 0.25) is 0 Å². The Hall–Kier alpha value is -1.16. The van der Waals surface area contributed by atoms with Gasteiger partial charge in [-0.3, -0.25) is 9.48 Å². The molecule has 2 N–H and O–H groups in total. The maximum atomic E-state index is 11.8. The van der Waals surface area contributed by atoms with E-state index >= 15 is 0 Å². The fourth-order valence-electron chi connectivity index (χ4n) is 1.30. The summed E-state index contributed by atoms with van der Waals surface area (Å²) in [6.07, 6.45) is 2.52. The third-order valence-corrected chi connectivity index (χ3v) is 2.63. The molecule has 0 aliphatic heterocycles. The van der Waals surface area contributed by atoms with E-state index in [9.17, 15) is 4.79 Å². The standard InChI is InChI=1S/C10H17N3O/c1-4-7(2)9(11)10(14)8-5-6-12-13(8)3/h5-7,9H,4,11H2,1-3H3. The molecular weight excluding hydrogens is 178 g/mol. The second-order valence-corrected chi connectivity index (χ2v) is 3.62. The van der Waals surface area contributed by atoms with Gasteiger partial charge in [0, 0.05) is 13.2 Å². The third-order valence-electron chi connectivity index (χ3n) is 2.63. The van der Waals surface area contributed by atoms with E-state index in [0.29, 0.717) is 5.69 Å². The Bertz CT molecular complexity index is 319. The molecule has 2 unspecified atom stereocenters. The molecule has 1 heterocycles. The maximum absolute atomic E-state index is 11.8. The van der Waals surface area contributed by atoms with Crippen molar-refractivity contribution < 1.29 is 4.79 Å². The van der Waals surface area contributed by atoms with Gasteiger partial charge in [-0.15, -0.1) is 0 Å².